The molecule has 0 saturated carbocycles. The lowest BCUT2D eigenvalue weighted by Crippen LogP contribution is -2.42. The molecule has 0 aliphatic rings. The smallest absolute Gasteiger partial charge is 0.374 e. The maximum absolute atomic E-state index is 13.0. The second-order valence-electron chi connectivity index (χ2n) is 9.10. The highest BCUT2D eigenvalue weighted by Gasteiger charge is 2.16. The van der Waals surface area contributed by atoms with Crippen molar-refractivity contribution in [2.75, 3.05) is 47.1 Å². The largest absolute Gasteiger partial charge is 0.491 e. The topological polar surface area (TPSA) is 155 Å². The molecule has 0 fully saturated rings. The van der Waals surface area contributed by atoms with Crippen molar-refractivity contribution < 1.29 is 42.5 Å². The first-order valence-corrected chi connectivity index (χ1v) is 13.1. The zero-order valence-corrected chi connectivity index (χ0v) is 23.8. The number of ether oxygens (including phenoxy) is 4. The second kappa shape index (κ2) is 14.8. The van der Waals surface area contributed by atoms with Crippen LogP contribution in [0, 0.1) is 0 Å². The van der Waals surface area contributed by atoms with Crippen molar-refractivity contribution in [1.29, 1.82) is 0 Å². The van der Waals surface area contributed by atoms with Crippen LogP contribution in [0.1, 0.15) is 35.0 Å². The monoisotopic (exact) mass is 583 g/mol. The Morgan fingerprint density at radius 1 is 0.952 bits per heavy atom. The van der Waals surface area contributed by atoms with Crippen LogP contribution in [-0.2, 0) is 14.2 Å². The summed E-state index contributed by atoms with van der Waals surface area (Å²) in [5, 5.41) is 10.7. The Morgan fingerprint density at radius 3 is 2.21 bits per heavy atom. The first-order valence-electron chi connectivity index (χ1n) is 13.1. The molecule has 0 bridgehead atoms. The summed E-state index contributed by atoms with van der Waals surface area (Å²) in [5.41, 5.74) is -0.771. The zero-order chi connectivity index (χ0) is 30.8. The van der Waals surface area contributed by atoms with Gasteiger partial charge in [-0.3, -0.25) is 9.59 Å². The molecule has 0 aliphatic carbocycles. The quantitative estimate of drug-likeness (QED) is 0.287. The van der Waals surface area contributed by atoms with Crippen molar-refractivity contribution in [2.24, 2.45) is 0 Å². The van der Waals surface area contributed by atoms with Crippen molar-refractivity contribution in [3.63, 3.8) is 0 Å². The summed E-state index contributed by atoms with van der Waals surface area (Å²) in [6.45, 7) is 7.09. The number of hydrogen-bond donors (Lipinski definition) is 1. The molecule has 1 unspecified atom stereocenters. The van der Waals surface area contributed by atoms with Crippen LogP contribution < -0.4 is 26.2 Å². The van der Waals surface area contributed by atoms with E-state index in [4.69, 9.17) is 27.8 Å². The fourth-order valence-electron chi connectivity index (χ4n) is 3.65. The third kappa shape index (κ3) is 8.18. The van der Waals surface area contributed by atoms with E-state index in [2.05, 4.69) is 6.58 Å². The van der Waals surface area contributed by atoms with Gasteiger partial charge < -0.3 is 37.8 Å². The lowest BCUT2D eigenvalue weighted by atomic mass is 10.2. The lowest BCUT2D eigenvalue weighted by molar-refractivity contribution is 0.0477. The van der Waals surface area contributed by atoms with E-state index in [1.54, 1.807) is 19.9 Å². The van der Waals surface area contributed by atoms with E-state index < -0.39 is 28.9 Å². The predicted octanol–water partition coefficient (Wildman–Crippen LogP) is 1.19. The Labute approximate surface area is 240 Å². The molecule has 0 amide bonds. The fourth-order valence-corrected chi connectivity index (χ4v) is 3.65. The van der Waals surface area contributed by atoms with Gasteiger partial charge in [0, 0.05) is 18.7 Å². The Bertz CT molecular complexity index is 1680. The van der Waals surface area contributed by atoms with Crippen LogP contribution in [0.2, 0.25) is 0 Å². The van der Waals surface area contributed by atoms with Crippen LogP contribution in [0.25, 0.3) is 22.8 Å². The molecule has 0 spiro atoms. The average Bonchev–Trinajstić information content (AvgIpc) is 2.96. The van der Waals surface area contributed by atoms with Crippen molar-refractivity contribution in [3.8, 4) is 5.75 Å². The molecule has 42 heavy (non-hydrogen) atoms. The number of aliphatic hydroxyl groups is 1. The molecule has 1 aromatic carbocycles. The van der Waals surface area contributed by atoms with Gasteiger partial charge in [0.05, 0.1) is 18.6 Å². The average molecular weight is 584 g/mol. The molecule has 3 aromatic rings. The Morgan fingerprint density at radius 2 is 1.60 bits per heavy atom. The number of carbonyl (C=O) groups is 2. The number of nitrogens with zero attached hydrogens (tertiary/aromatic N) is 1. The van der Waals surface area contributed by atoms with Crippen LogP contribution in [0.15, 0.2) is 61.4 Å². The number of aliphatic hydroxyl groups excluding tert-OH is 1. The molecule has 3 rings (SSSR count). The minimum atomic E-state index is -1.15. The van der Waals surface area contributed by atoms with Crippen LogP contribution in [0.3, 0.4) is 0 Å². The van der Waals surface area contributed by atoms with Gasteiger partial charge in [0.1, 0.15) is 47.0 Å². The molecule has 0 aliphatic heterocycles. The Kier molecular flexibility index (Phi) is 11.2. The van der Waals surface area contributed by atoms with Crippen molar-refractivity contribution in [1.82, 2.24) is 4.90 Å². The molecule has 0 saturated heterocycles. The Balaban J connectivity index is 1.79. The number of benzene rings is 1. The minimum Gasteiger partial charge on any atom is -0.491 e. The van der Waals surface area contributed by atoms with Gasteiger partial charge in [-0.05, 0) is 58.3 Å². The van der Waals surface area contributed by atoms with Crippen LogP contribution >= 0.6 is 0 Å². The highest BCUT2D eigenvalue weighted by atomic mass is 16.5. The SMILES string of the molecule is C=C/C(OCC(O)COc1ccc2oc(C(=O)OCC)cc(=O)c2c1)=c1/c(=O)cc(C(=O)OCC)o/c1=C/CN(C)C. The van der Waals surface area contributed by atoms with Gasteiger partial charge in [0.25, 0.3) is 0 Å². The minimum absolute atomic E-state index is 0.0245. The van der Waals surface area contributed by atoms with Gasteiger partial charge in [-0.1, -0.05) is 6.58 Å². The predicted molar refractivity (Wildman–Crippen MR) is 153 cm³/mol. The number of rotatable bonds is 13. The van der Waals surface area contributed by atoms with Crippen LogP contribution in [0.4, 0.5) is 0 Å². The molecule has 12 nitrogen and oxygen atoms in total. The van der Waals surface area contributed by atoms with E-state index in [-0.39, 0.29) is 71.1 Å². The molecule has 224 valence electrons. The lowest BCUT2D eigenvalue weighted by Gasteiger charge is -2.14. The highest BCUT2D eigenvalue weighted by Crippen LogP contribution is 2.20. The maximum Gasteiger partial charge on any atom is 0.374 e. The molecule has 2 heterocycles. The van der Waals surface area contributed by atoms with Gasteiger partial charge in [-0.2, -0.15) is 0 Å². The van der Waals surface area contributed by atoms with Gasteiger partial charge in [0.2, 0.25) is 11.5 Å². The van der Waals surface area contributed by atoms with E-state index in [0.29, 0.717) is 6.54 Å². The number of carbonyl (C=O) groups excluding carboxylic acids is 2. The summed E-state index contributed by atoms with van der Waals surface area (Å²) in [6, 6.07) is 6.46. The van der Waals surface area contributed by atoms with E-state index in [1.165, 1.54) is 24.3 Å². The third-order valence-corrected chi connectivity index (χ3v) is 5.57. The van der Waals surface area contributed by atoms with E-state index in [1.807, 2.05) is 19.0 Å². The fraction of sp³-hybridized carbons (Fsp3) is 0.333. The van der Waals surface area contributed by atoms with Gasteiger partial charge in [-0.15, -0.1) is 0 Å². The summed E-state index contributed by atoms with van der Waals surface area (Å²) in [4.78, 5) is 51.4. The van der Waals surface area contributed by atoms with Gasteiger partial charge in [0.15, 0.2) is 10.9 Å². The van der Waals surface area contributed by atoms with Crippen LogP contribution in [0.5, 0.6) is 5.75 Å². The van der Waals surface area contributed by atoms with E-state index in [9.17, 15) is 24.3 Å². The molecular weight excluding hydrogens is 550 g/mol. The molecule has 2 aromatic heterocycles. The summed E-state index contributed by atoms with van der Waals surface area (Å²) >= 11 is 0. The molecule has 1 atom stereocenters. The van der Waals surface area contributed by atoms with Crippen molar-refractivity contribution >= 4 is 34.7 Å². The molecule has 0 radical (unpaired) electrons. The Hall–Kier alpha value is -4.68. The second-order valence-corrected chi connectivity index (χ2v) is 9.10. The van der Waals surface area contributed by atoms with Crippen molar-refractivity contribution in [3.05, 3.63) is 85.6 Å². The first-order chi connectivity index (χ1) is 20.1. The number of fused-ring (bicyclic) bond motifs is 1. The molecular formula is C30H33NO11. The third-order valence-electron chi connectivity index (χ3n) is 5.57. The number of esters is 2. The van der Waals surface area contributed by atoms with Crippen LogP contribution in [-0.4, -0.2) is 75.1 Å². The first kappa shape index (κ1) is 31.8. The summed E-state index contributed by atoms with van der Waals surface area (Å²) in [5.74, 6) is -1.69. The summed E-state index contributed by atoms with van der Waals surface area (Å²) in [7, 11) is 3.63. The highest BCUT2D eigenvalue weighted by molar-refractivity contribution is 5.89. The molecule has 1 N–H and O–H groups in total. The zero-order valence-electron chi connectivity index (χ0n) is 23.8. The van der Waals surface area contributed by atoms with Gasteiger partial charge >= 0.3 is 11.9 Å². The summed E-state index contributed by atoms with van der Waals surface area (Å²) < 4.78 is 32.3. The maximum atomic E-state index is 13.0. The molecule has 12 heteroatoms. The normalized spacial score (nSPS) is 13.0. The van der Waals surface area contributed by atoms with E-state index in [0.717, 1.165) is 12.1 Å². The van der Waals surface area contributed by atoms with Crippen molar-refractivity contribution in [2.45, 2.75) is 20.0 Å². The summed E-state index contributed by atoms with van der Waals surface area (Å²) in [6.07, 6.45) is 1.75. The van der Waals surface area contributed by atoms with Gasteiger partial charge in [-0.25, -0.2) is 9.59 Å². The number of hydrogen-bond acceptors (Lipinski definition) is 12. The van der Waals surface area contributed by atoms with E-state index >= 15 is 0 Å². The standard InChI is InChI=1S/C30H33NO11/c1-6-23(28-22(34)15-27(30(36)38-8-3)42-25(28)11-12-31(4)5)40-17-18(32)16-39-19-9-10-24-20(13-19)21(33)14-26(41-24)29(35)37-7-2/h6,9-11,13-15,18,32H,1,7-8,12,16-17H2,2-5H3/b25-11+,28-23+.